The first-order valence-corrected chi connectivity index (χ1v) is 6.38. The highest BCUT2D eigenvalue weighted by molar-refractivity contribution is 6.31. The van der Waals surface area contributed by atoms with Gasteiger partial charge in [0.25, 0.3) is 0 Å². The van der Waals surface area contributed by atoms with Gasteiger partial charge in [0.15, 0.2) is 0 Å². The molecule has 0 atom stereocenters. The molecule has 0 aliphatic rings. The molecule has 3 N–H and O–H groups in total. The predicted molar refractivity (Wildman–Crippen MR) is 77.5 cm³/mol. The Morgan fingerprint density at radius 3 is 2.76 bits per heavy atom. The van der Waals surface area contributed by atoms with E-state index in [4.69, 9.17) is 16.7 Å². The van der Waals surface area contributed by atoms with Crippen LogP contribution in [0.5, 0.6) is 0 Å². The van der Waals surface area contributed by atoms with Crippen LogP contribution < -0.4 is 10.6 Å². The summed E-state index contributed by atoms with van der Waals surface area (Å²) in [5.74, 6) is -0.420. The third-order valence-electron chi connectivity index (χ3n) is 2.73. The lowest BCUT2D eigenvalue weighted by Crippen LogP contribution is -2.29. The Hall–Kier alpha value is -2.54. The molecule has 1 heterocycles. The van der Waals surface area contributed by atoms with Gasteiger partial charge in [-0.2, -0.15) is 0 Å². The Morgan fingerprint density at radius 2 is 2.14 bits per heavy atom. The minimum Gasteiger partial charge on any atom is -0.478 e. The number of hydrogen-bond acceptors (Lipinski definition) is 3. The topological polar surface area (TPSA) is 96.3 Å². The Labute approximate surface area is 125 Å². The Morgan fingerprint density at radius 1 is 1.38 bits per heavy atom. The molecular formula is C13H13ClN4O3. The highest BCUT2D eigenvalue weighted by Crippen LogP contribution is 2.19. The van der Waals surface area contributed by atoms with Gasteiger partial charge < -0.3 is 20.3 Å². The number of rotatable bonds is 4. The molecule has 0 unspecified atom stereocenters. The number of aromatic nitrogens is 2. The Balaban J connectivity index is 1.99. The van der Waals surface area contributed by atoms with Crippen LogP contribution in [0.4, 0.5) is 10.5 Å². The smallest absolute Gasteiger partial charge is 0.335 e. The van der Waals surface area contributed by atoms with E-state index in [1.165, 1.54) is 18.2 Å². The number of carbonyl (C=O) groups excluding carboxylic acids is 1. The molecule has 8 heteroatoms. The average Bonchev–Trinajstić information content (AvgIpc) is 2.81. The largest absolute Gasteiger partial charge is 0.478 e. The molecule has 0 bridgehead atoms. The van der Waals surface area contributed by atoms with Crippen LogP contribution in [0.15, 0.2) is 30.6 Å². The number of hydrogen-bond donors (Lipinski definition) is 3. The van der Waals surface area contributed by atoms with Crippen molar-refractivity contribution in [3.05, 3.63) is 47.0 Å². The first-order chi connectivity index (χ1) is 9.95. The molecule has 1 aromatic heterocycles. The molecule has 0 fully saturated rings. The number of aromatic carboxylic acids is 1. The van der Waals surface area contributed by atoms with E-state index in [0.29, 0.717) is 11.5 Å². The molecule has 0 saturated heterocycles. The number of urea groups is 1. The van der Waals surface area contributed by atoms with Gasteiger partial charge in [-0.05, 0) is 18.2 Å². The molecule has 7 nitrogen and oxygen atoms in total. The second kappa shape index (κ2) is 6.27. The van der Waals surface area contributed by atoms with Gasteiger partial charge in [0, 0.05) is 30.2 Å². The van der Waals surface area contributed by atoms with E-state index in [1.54, 1.807) is 17.0 Å². The number of halogens is 1. The van der Waals surface area contributed by atoms with Crippen LogP contribution in [-0.4, -0.2) is 26.7 Å². The van der Waals surface area contributed by atoms with E-state index >= 15 is 0 Å². The first-order valence-electron chi connectivity index (χ1n) is 6.00. The SMILES string of the molecule is Cn1ccnc1CNC(=O)Nc1cc(Cl)cc(C(=O)O)c1. The number of carboxylic acids is 1. The maximum Gasteiger partial charge on any atom is 0.335 e. The monoisotopic (exact) mass is 308 g/mol. The molecule has 0 radical (unpaired) electrons. The first kappa shape index (κ1) is 14.9. The van der Waals surface area contributed by atoms with Crippen molar-refractivity contribution in [3.63, 3.8) is 0 Å². The molecule has 2 amide bonds. The van der Waals surface area contributed by atoms with Gasteiger partial charge in [-0.3, -0.25) is 0 Å². The minimum absolute atomic E-state index is 0.00176. The number of carboxylic acid groups (broad SMARTS) is 1. The number of anilines is 1. The predicted octanol–water partition coefficient (Wildman–Crippen LogP) is 2.09. The molecule has 2 rings (SSSR count). The Bertz CT molecular complexity index is 684. The number of nitrogens with zero attached hydrogens (tertiary/aromatic N) is 2. The fraction of sp³-hybridized carbons (Fsp3) is 0.154. The molecule has 0 saturated carbocycles. The van der Waals surface area contributed by atoms with Crippen LogP contribution in [0.3, 0.4) is 0 Å². The van der Waals surface area contributed by atoms with E-state index in [-0.39, 0.29) is 17.1 Å². The lowest BCUT2D eigenvalue weighted by Gasteiger charge is -2.09. The number of aryl methyl sites for hydroxylation is 1. The second-order valence-electron chi connectivity index (χ2n) is 4.30. The highest BCUT2D eigenvalue weighted by atomic mass is 35.5. The number of amides is 2. The number of carbonyl (C=O) groups is 2. The van der Waals surface area contributed by atoms with E-state index in [1.807, 2.05) is 7.05 Å². The Kier molecular flexibility index (Phi) is 4.44. The molecule has 21 heavy (non-hydrogen) atoms. The van der Waals surface area contributed by atoms with Crippen LogP contribution >= 0.6 is 11.6 Å². The number of benzene rings is 1. The van der Waals surface area contributed by atoms with Crippen molar-refractivity contribution in [2.75, 3.05) is 5.32 Å². The lowest BCUT2D eigenvalue weighted by atomic mass is 10.2. The summed E-state index contributed by atoms with van der Waals surface area (Å²) in [5, 5.41) is 14.3. The minimum atomic E-state index is -1.12. The summed E-state index contributed by atoms with van der Waals surface area (Å²) in [6.45, 7) is 0.252. The molecule has 0 aliphatic carbocycles. The zero-order valence-corrected chi connectivity index (χ0v) is 11.9. The van der Waals surface area contributed by atoms with Gasteiger partial charge in [-0.1, -0.05) is 11.6 Å². The van der Waals surface area contributed by atoms with E-state index in [9.17, 15) is 9.59 Å². The van der Waals surface area contributed by atoms with Crippen molar-refractivity contribution >= 4 is 29.3 Å². The third-order valence-corrected chi connectivity index (χ3v) is 2.95. The summed E-state index contributed by atoms with van der Waals surface area (Å²) >= 11 is 5.81. The van der Waals surface area contributed by atoms with Crippen molar-refractivity contribution in [1.29, 1.82) is 0 Å². The molecule has 0 spiro atoms. The summed E-state index contributed by atoms with van der Waals surface area (Å²) in [6.07, 6.45) is 3.40. The number of nitrogens with one attached hydrogen (secondary N) is 2. The second-order valence-corrected chi connectivity index (χ2v) is 4.73. The van der Waals surface area contributed by atoms with Crippen molar-refractivity contribution < 1.29 is 14.7 Å². The zero-order chi connectivity index (χ0) is 15.4. The fourth-order valence-corrected chi connectivity index (χ4v) is 1.92. The quantitative estimate of drug-likeness (QED) is 0.805. The van der Waals surface area contributed by atoms with Crippen LogP contribution in [0, 0.1) is 0 Å². The summed E-state index contributed by atoms with van der Waals surface area (Å²) in [6, 6.07) is 3.63. The van der Waals surface area contributed by atoms with Gasteiger partial charge in [-0.25, -0.2) is 14.6 Å². The van der Waals surface area contributed by atoms with Crippen LogP contribution in [0.2, 0.25) is 5.02 Å². The summed E-state index contributed by atoms with van der Waals surface area (Å²) in [7, 11) is 1.82. The summed E-state index contributed by atoms with van der Waals surface area (Å²) < 4.78 is 1.78. The highest BCUT2D eigenvalue weighted by Gasteiger charge is 2.09. The normalized spacial score (nSPS) is 10.2. The molecule has 1 aromatic carbocycles. The van der Waals surface area contributed by atoms with Crippen LogP contribution in [0.25, 0.3) is 0 Å². The van der Waals surface area contributed by atoms with Crippen molar-refractivity contribution in [1.82, 2.24) is 14.9 Å². The van der Waals surface area contributed by atoms with Crippen molar-refractivity contribution in [3.8, 4) is 0 Å². The van der Waals surface area contributed by atoms with Gasteiger partial charge in [0.1, 0.15) is 5.82 Å². The van der Waals surface area contributed by atoms with Gasteiger partial charge in [0.2, 0.25) is 0 Å². The van der Waals surface area contributed by atoms with Gasteiger partial charge in [0.05, 0.1) is 12.1 Å². The van der Waals surface area contributed by atoms with Crippen LogP contribution in [0.1, 0.15) is 16.2 Å². The standard InChI is InChI=1S/C13H13ClN4O3/c1-18-3-2-15-11(18)7-16-13(21)17-10-5-8(12(19)20)4-9(14)6-10/h2-6H,7H2,1H3,(H,19,20)(H2,16,17,21). The van der Waals surface area contributed by atoms with Crippen LogP contribution in [-0.2, 0) is 13.6 Å². The van der Waals surface area contributed by atoms with Crippen molar-refractivity contribution in [2.45, 2.75) is 6.54 Å². The lowest BCUT2D eigenvalue weighted by molar-refractivity contribution is 0.0697. The molecule has 2 aromatic rings. The fourth-order valence-electron chi connectivity index (χ4n) is 1.69. The average molecular weight is 309 g/mol. The molecule has 0 aliphatic heterocycles. The van der Waals surface area contributed by atoms with Crippen molar-refractivity contribution in [2.24, 2.45) is 7.05 Å². The molecular weight excluding hydrogens is 296 g/mol. The maximum atomic E-state index is 11.8. The van der Waals surface area contributed by atoms with E-state index in [0.717, 1.165) is 0 Å². The van der Waals surface area contributed by atoms with Gasteiger partial charge >= 0.3 is 12.0 Å². The molecule has 110 valence electrons. The maximum absolute atomic E-state index is 11.8. The zero-order valence-electron chi connectivity index (χ0n) is 11.1. The van der Waals surface area contributed by atoms with Gasteiger partial charge in [-0.15, -0.1) is 0 Å². The third kappa shape index (κ3) is 3.96. The number of imidazole rings is 1. The van der Waals surface area contributed by atoms with E-state index in [2.05, 4.69) is 15.6 Å². The summed E-state index contributed by atoms with van der Waals surface area (Å²) in [5.41, 5.74) is 0.305. The van der Waals surface area contributed by atoms with E-state index < -0.39 is 12.0 Å². The summed E-state index contributed by atoms with van der Waals surface area (Å²) in [4.78, 5) is 26.7.